The van der Waals surface area contributed by atoms with Crippen molar-refractivity contribution in [1.82, 2.24) is 9.80 Å². The molecule has 19 heavy (non-hydrogen) atoms. The summed E-state index contributed by atoms with van der Waals surface area (Å²) in [5.41, 5.74) is 6.39. The van der Waals surface area contributed by atoms with E-state index in [0.717, 1.165) is 38.6 Å². The van der Waals surface area contributed by atoms with E-state index in [1.165, 1.54) is 39.1 Å². The van der Waals surface area contributed by atoms with E-state index in [1.54, 1.807) is 0 Å². The summed E-state index contributed by atoms with van der Waals surface area (Å²) >= 11 is 0. The summed E-state index contributed by atoms with van der Waals surface area (Å²) in [7, 11) is 0. The van der Waals surface area contributed by atoms with E-state index in [-0.39, 0.29) is 0 Å². The fourth-order valence-corrected chi connectivity index (χ4v) is 3.70. The molecule has 0 aromatic carbocycles. The fraction of sp³-hybridized carbons (Fsp3) is 1.00. The van der Waals surface area contributed by atoms with E-state index >= 15 is 0 Å². The van der Waals surface area contributed by atoms with Crippen LogP contribution in [0.15, 0.2) is 0 Å². The number of rotatable bonds is 6. The van der Waals surface area contributed by atoms with Gasteiger partial charge in [0.1, 0.15) is 0 Å². The zero-order chi connectivity index (χ0) is 13.7. The number of hydrogen-bond acceptors (Lipinski definition) is 4. The smallest absolute Gasteiger partial charge is 0.0472 e. The maximum Gasteiger partial charge on any atom is 0.0472 e. The van der Waals surface area contributed by atoms with Gasteiger partial charge in [0.05, 0.1) is 0 Å². The van der Waals surface area contributed by atoms with E-state index in [9.17, 15) is 0 Å². The Hall–Kier alpha value is -0.160. The van der Waals surface area contributed by atoms with Crippen LogP contribution in [-0.2, 0) is 4.74 Å². The van der Waals surface area contributed by atoms with Crippen molar-refractivity contribution in [3.05, 3.63) is 0 Å². The lowest BCUT2D eigenvalue weighted by Gasteiger charge is -2.39. The predicted octanol–water partition coefficient (Wildman–Crippen LogP) is 1.16. The lowest BCUT2D eigenvalue weighted by Crippen LogP contribution is -2.46. The van der Waals surface area contributed by atoms with E-state index in [4.69, 9.17) is 10.5 Å². The van der Waals surface area contributed by atoms with Gasteiger partial charge in [0.15, 0.2) is 0 Å². The van der Waals surface area contributed by atoms with Crippen LogP contribution in [0.2, 0.25) is 0 Å². The molecule has 0 aromatic rings. The molecule has 0 aliphatic carbocycles. The van der Waals surface area contributed by atoms with Crippen LogP contribution >= 0.6 is 0 Å². The minimum absolute atomic E-state index is 0.316. The first-order valence-electron chi connectivity index (χ1n) is 7.97. The van der Waals surface area contributed by atoms with Crippen LogP contribution in [0, 0.1) is 5.41 Å². The van der Waals surface area contributed by atoms with Crippen molar-refractivity contribution in [1.29, 1.82) is 0 Å². The SMILES string of the molecule is CCN(CC)C1CCN(CC2(CN)CCOCC2)C1. The first-order valence-corrected chi connectivity index (χ1v) is 7.97. The van der Waals surface area contributed by atoms with Gasteiger partial charge in [-0.3, -0.25) is 4.90 Å². The molecule has 0 spiro atoms. The van der Waals surface area contributed by atoms with Gasteiger partial charge in [0.25, 0.3) is 0 Å². The van der Waals surface area contributed by atoms with Crippen LogP contribution in [0.25, 0.3) is 0 Å². The molecular weight excluding hydrogens is 238 g/mol. The molecule has 2 saturated heterocycles. The monoisotopic (exact) mass is 269 g/mol. The van der Waals surface area contributed by atoms with Crippen molar-refractivity contribution >= 4 is 0 Å². The number of ether oxygens (including phenoxy) is 1. The molecule has 2 rings (SSSR count). The number of nitrogens with zero attached hydrogens (tertiary/aromatic N) is 2. The summed E-state index contributed by atoms with van der Waals surface area (Å²) < 4.78 is 5.50. The molecule has 2 aliphatic rings. The number of nitrogens with two attached hydrogens (primary N) is 1. The average molecular weight is 269 g/mol. The normalized spacial score (nSPS) is 28.1. The number of likely N-dealkylation sites (N-methyl/N-ethyl adjacent to an activating group) is 1. The molecule has 0 saturated carbocycles. The van der Waals surface area contributed by atoms with Crippen molar-refractivity contribution in [2.24, 2.45) is 11.1 Å². The van der Waals surface area contributed by atoms with Crippen molar-refractivity contribution < 1.29 is 4.74 Å². The predicted molar refractivity (Wildman–Crippen MR) is 79.3 cm³/mol. The number of hydrogen-bond donors (Lipinski definition) is 1. The van der Waals surface area contributed by atoms with Gasteiger partial charge >= 0.3 is 0 Å². The molecule has 2 N–H and O–H groups in total. The molecule has 1 atom stereocenters. The fourth-order valence-electron chi connectivity index (χ4n) is 3.70. The largest absolute Gasteiger partial charge is 0.381 e. The van der Waals surface area contributed by atoms with Crippen molar-refractivity contribution in [2.45, 2.75) is 39.2 Å². The maximum atomic E-state index is 6.07. The van der Waals surface area contributed by atoms with Crippen molar-refractivity contribution in [3.8, 4) is 0 Å². The van der Waals surface area contributed by atoms with Crippen molar-refractivity contribution in [3.63, 3.8) is 0 Å². The highest BCUT2D eigenvalue weighted by Gasteiger charge is 2.36. The first-order chi connectivity index (χ1) is 9.23. The van der Waals surface area contributed by atoms with Crippen LogP contribution in [0.4, 0.5) is 0 Å². The molecule has 0 amide bonds. The summed E-state index contributed by atoms with van der Waals surface area (Å²) in [6.45, 7) is 13.1. The third-order valence-electron chi connectivity index (χ3n) is 5.12. The molecule has 2 aliphatic heterocycles. The van der Waals surface area contributed by atoms with Gasteiger partial charge in [-0.1, -0.05) is 13.8 Å². The molecule has 4 heteroatoms. The van der Waals surface area contributed by atoms with Crippen LogP contribution < -0.4 is 5.73 Å². The second-order valence-electron chi connectivity index (χ2n) is 6.22. The van der Waals surface area contributed by atoms with Crippen LogP contribution in [-0.4, -0.2) is 68.3 Å². The molecule has 4 nitrogen and oxygen atoms in total. The lowest BCUT2D eigenvalue weighted by molar-refractivity contribution is 0.00242. The third kappa shape index (κ3) is 3.69. The number of likely N-dealkylation sites (tertiary alicyclic amines) is 1. The van der Waals surface area contributed by atoms with Gasteiger partial charge in [-0.25, -0.2) is 0 Å². The molecule has 1 unspecified atom stereocenters. The van der Waals surface area contributed by atoms with Gasteiger partial charge < -0.3 is 15.4 Å². The average Bonchev–Trinajstić information content (AvgIpc) is 2.89. The summed E-state index contributed by atoms with van der Waals surface area (Å²) in [6.07, 6.45) is 3.59. The first kappa shape index (κ1) is 15.2. The minimum atomic E-state index is 0.316. The third-order valence-corrected chi connectivity index (χ3v) is 5.12. The second-order valence-corrected chi connectivity index (χ2v) is 6.22. The Balaban J connectivity index is 1.86. The Morgan fingerprint density at radius 1 is 1.26 bits per heavy atom. The molecule has 2 heterocycles. The second kappa shape index (κ2) is 7.02. The summed E-state index contributed by atoms with van der Waals surface area (Å²) in [5, 5.41) is 0. The van der Waals surface area contributed by atoms with Gasteiger partial charge in [-0.2, -0.15) is 0 Å². The highest BCUT2D eigenvalue weighted by Crippen LogP contribution is 2.31. The Morgan fingerprint density at radius 2 is 1.95 bits per heavy atom. The van der Waals surface area contributed by atoms with Gasteiger partial charge in [0.2, 0.25) is 0 Å². The standard InChI is InChI=1S/C15H31N3O/c1-3-18(4-2)14-5-8-17(11-14)13-15(12-16)6-9-19-10-7-15/h14H,3-13,16H2,1-2H3. The van der Waals surface area contributed by atoms with Gasteiger partial charge in [0, 0.05) is 32.3 Å². The summed E-state index contributed by atoms with van der Waals surface area (Å²) in [4.78, 5) is 5.24. The zero-order valence-electron chi connectivity index (χ0n) is 12.7. The summed E-state index contributed by atoms with van der Waals surface area (Å²) in [5.74, 6) is 0. The molecule has 112 valence electrons. The topological polar surface area (TPSA) is 41.7 Å². The highest BCUT2D eigenvalue weighted by atomic mass is 16.5. The zero-order valence-corrected chi connectivity index (χ0v) is 12.7. The molecular formula is C15H31N3O. The molecule has 0 aromatic heterocycles. The van der Waals surface area contributed by atoms with Gasteiger partial charge in [-0.05, 0) is 50.9 Å². The van der Waals surface area contributed by atoms with Crippen LogP contribution in [0.1, 0.15) is 33.1 Å². The Bertz CT molecular complexity index is 262. The van der Waals surface area contributed by atoms with E-state index in [1.807, 2.05) is 0 Å². The summed E-state index contributed by atoms with van der Waals surface area (Å²) in [6, 6.07) is 0.754. The quantitative estimate of drug-likeness (QED) is 0.786. The maximum absolute atomic E-state index is 6.07. The van der Waals surface area contributed by atoms with E-state index in [0.29, 0.717) is 5.41 Å². The molecule has 0 radical (unpaired) electrons. The van der Waals surface area contributed by atoms with E-state index in [2.05, 4.69) is 23.6 Å². The minimum Gasteiger partial charge on any atom is -0.381 e. The van der Waals surface area contributed by atoms with E-state index < -0.39 is 0 Å². The van der Waals surface area contributed by atoms with Gasteiger partial charge in [-0.15, -0.1) is 0 Å². The Labute approximate surface area is 118 Å². The van der Waals surface area contributed by atoms with Crippen LogP contribution in [0.5, 0.6) is 0 Å². The Morgan fingerprint density at radius 3 is 2.53 bits per heavy atom. The van der Waals surface area contributed by atoms with Crippen LogP contribution in [0.3, 0.4) is 0 Å². The molecule has 0 bridgehead atoms. The highest BCUT2D eigenvalue weighted by molar-refractivity contribution is 4.90. The lowest BCUT2D eigenvalue weighted by atomic mass is 9.80. The molecule has 2 fully saturated rings. The Kier molecular flexibility index (Phi) is 5.63. The van der Waals surface area contributed by atoms with Crippen molar-refractivity contribution in [2.75, 3.05) is 52.5 Å².